The number of hydrogen-bond acceptors (Lipinski definition) is 4. The number of nitrogens with one attached hydrogen (secondary N) is 2. The molecule has 1 fully saturated rings. The van der Waals surface area contributed by atoms with Crippen LogP contribution in [0.1, 0.15) is 44.7 Å². The maximum atomic E-state index is 11.6. The fourth-order valence-electron chi connectivity index (χ4n) is 1.77. The number of aryl methyl sites for hydroxylation is 1. The van der Waals surface area contributed by atoms with Crippen molar-refractivity contribution >= 4 is 11.9 Å². The molecule has 1 aliphatic rings. The second kappa shape index (κ2) is 5.69. The summed E-state index contributed by atoms with van der Waals surface area (Å²) in [4.78, 5) is 16.0. The van der Waals surface area contributed by atoms with E-state index in [9.17, 15) is 4.79 Å². The van der Waals surface area contributed by atoms with Crippen LogP contribution in [0.5, 0.6) is 0 Å². The zero-order chi connectivity index (χ0) is 14.8. The van der Waals surface area contributed by atoms with E-state index in [-0.39, 0.29) is 0 Å². The minimum absolute atomic E-state index is 0.405. The fraction of sp³-hybridized carbons (Fsp3) is 0.600. The maximum Gasteiger partial charge on any atom is 0.407 e. The van der Waals surface area contributed by atoms with Gasteiger partial charge >= 0.3 is 6.09 Å². The molecule has 0 radical (unpaired) electrons. The molecule has 1 aromatic heterocycles. The van der Waals surface area contributed by atoms with Crippen LogP contribution >= 0.6 is 0 Å². The van der Waals surface area contributed by atoms with Gasteiger partial charge in [0.15, 0.2) is 0 Å². The zero-order valence-electron chi connectivity index (χ0n) is 12.6. The largest absolute Gasteiger partial charge is 0.444 e. The van der Waals surface area contributed by atoms with Crippen LogP contribution < -0.4 is 10.6 Å². The summed E-state index contributed by atoms with van der Waals surface area (Å²) in [6, 6.07) is 2.61. The lowest BCUT2D eigenvalue weighted by Crippen LogP contribution is -2.32. The molecule has 0 aliphatic heterocycles. The minimum Gasteiger partial charge on any atom is -0.444 e. The highest BCUT2D eigenvalue weighted by molar-refractivity contribution is 5.67. The number of carbonyl (C=O) groups excluding carboxylic acids is 1. The average Bonchev–Trinajstić information content (AvgIpc) is 3.09. The van der Waals surface area contributed by atoms with E-state index in [1.54, 1.807) is 6.20 Å². The van der Waals surface area contributed by atoms with Gasteiger partial charge in [-0.25, -0.2) is 9.78 Å². The Morgan fingerprint density at radius 2 is 2.15 bits per heavy atom. The highest BCUT2D eigenvalue weighted by Gasteiger charge is 2.21. The molecule has 0 atom stereocenters. The van der Waals surface area contributed by atoms with Gasteiger partial charge in [0.25, 0.3) is 0 Å². The number of amides is 1. The van der Waals surface area contributed by atoms with Crippen LogP contribution in [0.2, 0.25) is 0 Å². The first-order valence-corrected chi connectivity index (χ1v) is 7.02. The van der Waals surface area contributed by atoms with Crippen molar-refractivity contribution in [2.24, 2.45) is 0 Å². The Morgan fingerprint density at radius 1 is 1.45 bits per heavy atom. The Morgan fingerprint density at radius 3 is 2.70 bits per heavy atom. The van der Waals surface area contributed by atoms with Crippen LogP contribution in [-0.4, -0.2) is 22.7 Å². The van der Waals surface area contributed by atoms with E-state index >= 15 is 0 Å². The second-order valence-electron chi connectivity index (χ2n) is 6.27. The lowest BCUT2D eigenvalue weighted by Gasteiger charge is -2.20. The third-order valence-electron chi connectivity index (χ3n) is 2.97. The smallest absolute Gasteiger partial charge is 0.407 e. The third-order valence-corrected chi connectivity index (χ3v) is 2.97. The van der Waals surface area contributed by atoms with E-state index in [0.29, 0.717) is 12.6 Å². The second-order valence-corrected chi connectivity index (χ2v) is 6.27. The molecular weight excluding hydrogens is 254 g/mol. The Bertz CT molecular complexity index is 490. The van der Waals surface area contributed by atoms with Gasteiger partial charge in [-0.05, 0) is 57.7 Å². The molecule has 0 bridgehead atoms. The monoisotopic (exact) mass is 277 g/mol. The summed E-state index contributed by atoms with van der Waals surface area (Å²) in [5, 5.41) is 6.10. The van der Waals surface area contributed by atoms with Gasteiger partial charge in [-0.3, -0.25) is 0 Å². The molecule has 0 aromatic carbocycles. The summed E-state index contributed by atoms with van der Waals surface area (Å²) in [5.41, 5.74) is 1.63. The first kappa shape index (κ1) is 14.6. The molecule has 0 unspecified atom stereocenters. The Hall–Kier alpha value is -1.78. The number of aromatic nitrogens is 1. The van der Waals surface area contributed by atoms with Crippen molar-refractivity contribution in [3.63, 3.8) is 0 Å². The van der Waals surface area contributed by atoms with E-state index in [0.717, 1.165) is 16.9 Å². The highest BCUT2D eigenvalue weighted by atomic mass is 16.6. The van der Waals surface area contributed by atoms with Crippen LogP contribution in [-0.2, 0) is 11.3 Å². The Labute approximate surface area is 120 Å². The molecule has 110 valence electrons. The SMILES string of the molecule is Cc1cc(NC2CC2)ncc1CNC(=O)OC(C)(C)C. The van der Waals surface area contributed by atoms with Gasteiger partial charge in [-0.1, -0.05) is 0 Å². The first-order chi connectivity index (χ1) is 9.33. The van der Waals surface area contributed by atoms with Gasteiger partial charge in [0.05, 0.1) is 0 Å². The Balaban J connectivity index is 1.87. The molecule has 0 saturated heterocycles. The number of alkyl carbamates (subject to hydrolysis) is 1. The summed E-state index contributed by atoms with van der Waals surface area (Å²) in [6.07, 6.45) is 3.85. The van der Waals surface area contributed by atoms with E-state index < -0.39 is 11.7 Å². The maximum absolute atomic E-state index is 11.6. The predicted octanol–water partition coefficient (Wildman–Crippen LogP) is 2.99. The number of nitrogens with zero attached hydrogens (tertiary/aromatic N) is 1. The summed E-state index contributed by atoms with van der Waals surface area (Å²) in [7, 11) is 0. The van der Waals surface area contributed by atoms with Gasteiger partial charge < -0.3 is 15.4 Å². The summed E-state index contributed by atoms with van der Waals surface area (Å²) < 4.78 is 5.20. The number of hydrogen-bond donors (Lipinski definition) is 2. The van der Waals surface area contributed by atoms with Gasteiger partial charge in [0.2, 0.25) is 0 Å². The van der Waals surface area contributed by atoms with Crippen molar-refractivity contribution in [2.45, 2.75) is 58.7 Å². The molecule has 1 heterocycles. The van der Waals surface area contributed by atoms with Gasteiger partial charge in [-0.2, -0.15) is 0 Å². The molecule has 2 rings (SSSR count). The molecule has 2 N–H and O–H groups in total. The molecule has 20 heavy (non-hydrogen) atoms. The summed E-state index contributed by atoms with van der Waals surface area (Å²) in [6.45, 7) is 7.98. The molecule has 1 aliphatic carbocycles. The third kappa shape index (κ3) is 4.72. The molecule has 1 aromatic rings. The molecule has 5 nitrogen and oxygen atoms in total. The normalized spacial score (nSPS) is 14.8. The summed E-state index contributed by atoms with van der Waals surface area (Å²) >= 11 is 0. The lowest BCUT2D eigenvalue weighted by molar-refractivity contribution is 0.0523. The van der Waals surface area contributed by atoms with Crippen molar-refractivity contribution < 1.29 is 9.53 Å². The lowest BCUT2D eigenvalue weighted by atomic mass is 10.1. The standard InChI is InChI=1S/C15H23N3O2/c1-10-7-13(18-12-5-6-12)16-8-11(10)9-17-14(19)20-15(2,3)4/h7-8,12H,5-6,9H2,1-4H3,(H,16,18)(H,17,19). The van der Waals surface area contributed by atoms with E-state index in [1.807, 2.05) is 33.8 Å². The minimum atomic E-state index is -0.477. The van der Waals surface area contributed by atoms with Crippen LogP contribution in [0.15, 0.2) is 12.3 Å². The van der Waals surface area contributed by atoms with Crippen molar-refractivity contribution in [2.75, 3.05) is 5.32 Å². The predicted molar refractivity (Wildman–Crippen MR) is 78.7 cm³/mol. The van der Waals surface area contributed by atoms with Crippen molar-refractivity contribution in [1.29, 1.82) is 0 Å². The Kier molecular flexibility index (Phi) is 4.16. The quantitative estimate of drug-likeness (QED) is 0.888. The van der Waals surface area contributed by atoms with Crippen molar-refractivity contribution in [3.8, 4) is 0 Å². The first-order valence-electron chi connectivity index (χ1n) is 7.02. The van der Waals surface area contributed by atoms with E-state index in [2.05, 4.69) is 15.6 Å². The number of carbonyl (C=O) groups is 1. The van der Waals surface area contributed by atoms with Crippen molar-refractivity contribution in [1.82, 2.24) is 10.3 Å². The van der Waals surface area contributed by atoms with E-state index in [1.165, 1.54) is 12.8 Å². The van der Waals surface area contributed by atoms with Gasteiger partial charge in [-0.15, -0.1) is 0 Å². The fourth-order valence-corrected chi connectivity index (χ4v) is 1.77. The molecule has 0 spiro atoms. The summed E-state index contributed by atoms with van der Waals surface area (Å²) in [5.74, 6) is 0.908. The zero-order valence-corrected chi connectivity index (χ0v) is 12.6. The average molecular weight is 277 g/mol. The number of pyridine rings is 1. The van der Waals surface area contributed by atoms with Crippen LogP contribution in [0, 0.1) is 6.92 Å². The molecule has 5 heteroatoms. The topological polar surface area (TPSA) is 63.2 Å². The molecular formula is C15H23N3O2. The number of rotatable bonds is 4. The number of ether oxygens (including phenoxy) is 1. The highest BCUT2D eigenvalue weighted by Crippen LogP contribution is 2.24. The number of anilines is 1. The molecule has 1 saturated carbocycles. The van der Waals surface area contributed by atoms with Crippen LogP contribution in [0.25, 0.3) is 0 Å². The van der Waals surface area contributed by atoms with Gasteiger partial charge in [0, 0.05) is 18.8 Å². The van der Waals surface area contributed by atoms with E-state index in [4.69, 9.17) is 4.74 Å². The van der Waals surface area contributed by atoms with Gasteiger partial charge in [0.1, 0.15) is 11.4 Å². The molecule has 1 amide bonds. The van der Waals surface area contributed by atoms with Crippen LogP contribution in [0.3, 0.4) is 0 Å². The van der Waals surface area contributed by atoms with Crippen molar-refractivity contribution in [3.05, 3.63) is 23.4 Å². The van der Waals surface area contributed by atoms with Crippen LogP contribution in [0.4, 0.5) is 10.6 Å².